The van der Waals surface area contributed by atoms with E-state index in [1.165, 1.54) is 12.1 Å². The average molecular weight is 269 g/mol. The van der Waals surface area contributed by atoms with E-state index >= 15 is 0 Å². The van der Waals surface area contributed by atoms with Crippen LogP contribution in [0.5, 0.6) is 0 Å². The zero-order valence-corrected chi connectivity index (χ0v) is 9.90. The number of amides is 1. The number of rotatable bonds is 3. The summed E-state index contributed by atoms with van der Waals surface area (Å²) in [5.74, 6) is -1.35. The molecule has 0 aliphatic heterocycles. The van der Waals surface area contributed by atoms with E-state index in [1.54, 1.807) is 13.0 Å². The summed E-state index contributed by atoms with van der Waals surface area (Å²) < 4.78 is 38.4. The fraction of sp³-hybridized carbons (Fsp3) is 0.167. The molecule has 1 N–H and O–H groups in total. The maximum Gasteiger partial charge on any atom is 0.333 e. The van der Waals surface area contributed by atoms with Gasteiger partial charge in [-0.3, -0.25) is 4.79 Å². The number of nitrogens with one attached hydrogen (secondary N) is 1. The van der Waals surface area contributed by atoms with Crippen molar-refractivity contribution in [3.05, 3.63) is 47.5 Å². The summed E-state index contributed by atoms with van der Waals surface area (Å²) in [6.45, 7) is -1.09. The Morgan fingerprint density at radius 1 is 1.37 bits per heavy atom. The Balaban J connectivity index is 2.18. The van der Waals surface area contributed by atoms with Crippen molar-refractivity contribution in [3.63, 3.8) is 0 Å². The van der Waals surface area contributed by atoms with Crippen molar-refractivity contribution in [2.45, 2.75) is 13.5 Å². The van der Waals surface area contributed by atoms with Crippen LogP contribution in [0.2, 0.25) is 0 Å². The van der Waals surface area contributed by atoms with Gasteiger partial charge in [0, 0.05) is 6.20 Å². The van der Waals surface area contributed by atoms with Gasteiger partial charge in [0.15, 0.2) is 5.69 Å². The lowest BCUT2D eigenvalue weighted by atomic mass is 10.2. The molecule has 19 heavy (non-hydrogen) atoms. The lowest BCUT2D eigenvalue weighted by Crippen LogP contribution is -2.14. The summed E-state index contributed by atoms with van der Waals surface area (Å²) in [4.78, 5) is 11.7. The van der Waals surface area contributed by atoms with Crippen LogP contribution < -0.4 is 5.32 Å². The zero-order chi connectivity index (χ0) is 14.0. The molecule has 0 bridgehead atoms. The van der Waals surface area contributed by atoms with Crippen molar-refractivity contribution in [2.24, 2.45) is 0 Å². The van der Waals surface area contributed by atoms with Crippen LogP contribution in [0.1, 0.15) is 22.6 Å². The molecule has 0 spiro atoms. The average Bonchev–Trinajstić information content (AvgIpc) is 2.83. The van der Waals surface area contributed by atoms with Gasteiger partial charge in [0.25, 0.3) is 5.91 Å². The molecule has 7 heteroatoms. The fourth-order valence-electron chi connectivity index (χ4n) is 1.49. The number of hydrogen-bond donors (Lipinski definition) is 1. The highest BCUT2D eigenvalue weighted by Crippen LogP contribution is 2.17. The minimum atomic E-state index is -2.82. The third-order valence-corrected chi connectivity index (χ3v) is 2.41. The molecule has 1 aromatic carbocycles. The van der Waals surface area contributed by atoms with E-state index in [-0.39, 0.29) is 11.4 Å². The van der Waals surface area contributed by atoms with Crippen LogP contribution in [0.15, 0.2) is 30.5 Å². The Labute approximate surface area is 106 Å². The zero-order valence-electron chi connectivity index (χ0n) is 9.90. The summed E-state index contributed by atoms with van der Waals surface area (Å²) in [6, 6.07) is 5.34. The Bertz CT molecular complexity index is 610. The highest BCUT2D eigenvalue weighted by atomic mass is 19.3. The first-order chi connectivity index (χ1) is 8.97. The molecular weight excluding hydrogens is 259 g/mol. The van der Waals surface area contributed by atoms with Crippen molar-refractivity contribution in [2.75, 3.05) is 5.32 Å². The summed E-state index contributed by atoms with van der Waals surface area (Å²) >= 11 is 0. The maximum atomic E-state index is 13.4. The smallest absolute Gasteiger partial charge is 0.318 e. The predicted molar refractivity (Wildman–Crippen MR) is 62.6 cm³/mol. The SMILES string of the molecule is Cc1ccc(F)c(NC(=O)c2ccn(C(F)F)n2)c1. The largest absolute Gasteiger partial charge is 0.333 e. The first kappa shape index (κ1) is 13.1. The molecule has 1 amide bonds. The number of nitrogens with zero attached hydrogens (tertiary/aromatic N) is 2. The number of carbonyl (C=O) groups excluding carboxylic acids is 1. The molecular formula is C12H10F3N3O. The standard InChI is InChI=1S/C12H10F3N3O/c1-7-2-3-8(13)10(6-7)16-11(19)9-4-5-18(17-9)12(14)15/h2-6,12H,1H3,(H,16,19). The monoisotopic (exact) mass is 269 g/mol. The highest BCUT2D eigenvalue weighted by Gasteiger charge is 2.14. The van der Waals surface area contributed by atoms with Crippen LogP contribution in [0.4, 0.5) is 18.9 Å². The lowest BCUT2D eigenvalue weighted by molar-refractivity contribution is 0.0561. The Morgan fingerprint density at radius 3 is 2.74 bits per heavy atom. The molecule has 4 nitrogen and oxygen atoms in total. The first-order valence-corrected chi connectivity index (χ1v) is 5.38. The predicted octanol–water partition coefficient (Wildman–Crippen LogP) is 2.98. The van der Waals surface area contributed by atoms with Crippen LogP contribution in [-0.4, -0.2) is 15.7 Å². The van der Waals surface area contributed by atoms with Gasteiger partial charge in [-0.05, 0) is 30.7 Å². The molecule has 0 saturated heterocycles. The molecule has 2 rings (SSSR count). The van der Waals surface area contributed by atoms with Gasteiger partial charge >= 0.3 is 6.55 Å². The molecule has 2 aromatic rings. The number of aromatic nitrogens is 2. The minimum absolute atomic E-state index is 0.0170. The number of aryl methyl sites for hydroxylation is 1. The number of carbonyl (C=O) groups is 1. The summed E-state index contributed by atoms with van der Waals surface area (Å²) in [5.41, 5.74) is 0.535. The number of hydrogen-bond acceptors (Lipinski definition) is 2. The van der Waals surface area contributed by atoms with Gasteiger partial charge < -0.3 is 5.32 Å². The fourth-order valence-corrected chi connectivity index (χ4v) is 1.49. The van der Waals surface area contributed by atoms with E-state index in [1.807, 2.05) is 0 Å². The van der Waals surface area contributed by atoms with E-state index in [0.29, 0.717) is 4.68 Å². The second-order valence-electron chi connectivity index (χ2n) is 3.90. The normalized spacial score (nSPS) is 10.8. The second kappa shape index (κ2) is 5.13. The van der Waals surface area contributed by atoms with Crippen LogP contribution in [0.3, 0.4) is 0 Å². The van der Waals surface area contributed by atoms with Crippen LogP contribution in [0.25, 0.3) is 0 Å². The molecule has 0 fully saturated rings. The molecule has 1 aromatic heterocycles. The molecule has 0 atom stereocenters. The highest BCUT2D eigenvalue weighted by molar-refractivity contribution is 6.02. The molecule has 0 aliphatic rings. The number of alkyl halides is 2. The minimum Gasteiger partial charge on any atom is -0.318 e. The van der Waals surface area contributed by atoms with Crippen molar-refractivity contribution in [3.8, 4) is 0 Å². The summed E-state index contributed by atoms with van der Waals surface area (Å²) in [6.07, 6.45) is 0.978. The number of anilines is 1. The van der Waals surface area contributed by atoms with Crippen molar-refractivity contribution >= 4 is 11.6 Å². The van der Waals surface area contributed by atoms with Gasteiger partial charge in [0.05, 0.1) is 5.69 Å². The van der Waals surface area contributed by atoms with E-state index in [2.05, 4.69) is 10.4 Å². The van der Waals surface area contributed by atoms with Crippen LogP contribution in [0, 0.1) is 12.7 Å². The molecule has 0 saturated carbocycles. The quantitative estimate of drug-likeness (QED) is 0.931. The van der Waals surface area contributed by atoms with Gasteiger partial charge in [-0.25, -0.2) is 9.07 Å². The van der Waals surface area contributed by atoms with E-state index in [4.69, 9.17) is 0 Å². The Hall–Kier alpha value is -2.31. The summed E-state index contributed by atoms with van der Waals surface area (Å²) in [5, 5.41) is 5.68. The molecule has 100 valence electrons. The van der Waals surface area contributed by atoms with Crippen LogP contribution >= 0.6 is 0 Å². The van der Waals surface area contributed by atoms with E-state index in [9.17, 15) is 18.0 Å². The summed E-state index contributed by atoms with van der Waals surface area (Å²) in [7, 11) is 0. The van der Waals surface area contributed by atoms with E-state index in [0.717, 1.165) is 17.8 Å². The van der Waals surface area contributed by atoms with Gasteiger partial charge in [0.2, 0.25) is 0 Å². The number of benzene rings is 1. The van der Waals surface area contributed by atoms with E-state index < -0.39 is 18.3 Å². The van der Waals surface area contributed by atoms with Gasteiger partial charge in [-0.1, -0.05) is 6.07 Å². The molecule has 0 aliphatic carbocycles. The second-order valence-corrected chi connectivity index (χ2v) is 3.90. The van der Waals surface area contributed by atoms with Gasteiger partial charge in [-0.15, -0.1) is 0 Å². The van der Waals surface area contributed by atoms with Gasteiger partial charge in [-0.2, -0.15) is 13.9 Å². The topological polar surface area (TPSA) is 46.9 Å². The van der Waals surface area contributed by atoms with Crippen molar-refractivity contribution in [1.29, 1.82) is 0 Å². The third kappa shape index (κ3) is 2.93. The third-order valence-electron chi connectivity index (χ3n) is 2.41. The first-order valence-electron chi connectivity index (χ1n) is 5.38. The lowest BCUT2D eigenvalue weighted by Gasteiger charge is -2.05. The maximum absolute atomic E-state index is 13.4. The Morgan fingerprint density at radius 2 is 2.11 bits per heavy atom. The van der Waals surface area contributed by atoms with Gasteiger partial charge in [0.1, 0.15) is 5.82 Å². The molecule has 1 heterocycles. The Kier molecular flexibility index (Phi) is 3.55. The molecule has 0 radical (unpaired) electrons. The van der Waals surface area contributed by atoms with Crippen molar-refractivity contribution < 1.29 is 18.0 Å². The van der Waals surface area contributed by atoms with Crippen molar-refractivity contribution in [1.82, 2.24) is 9.78 Å². The number of halogens is 3. The molecule has 0 unspecified atom stereocenters. The van der Waals surface area contributed by atoms with Crippen LogP contribution in [-0.2, 0) is 0 Å².